The molecule has 0 fully saturated rings. The van der Waals surface area contributed by atoms with Gasteiger partial charge in [0.2, 0.25) is 5.91 Å². The fourth-order valence-electron chi connectivity index (χ4n) is 4.45. The first-order valence-electron chi connectivity index (χ1n) is 12.1. The van der Waals surface area contributed by atoms with E-state index in [1.807, 2.05) is 63.2 Å². The Morgan fingerprint density at radius 2 is 1.60 bits per heavy atom. The Labute approximate surface area is 206 Å². The summed E-state index contributed by atoms with van der Waals surface area (Å²) in [4.78, 5) is 36.9. The molecular weight excluding hydrogens is 444 g/mol. The minimum atomic E-state index is -0.978. The Morgan fingerprint density at radius 3 is 2.14 bits per heavy atom. The number of nitrogens with one attached hydrogen (secondary N) is 2. The number of carboxylic acid groups (broad SMARTS) is 1. The summed E-state index contributed by atoms with van der Waals surface area (Å²) in [6, 6.07) is 14.8. The zero-order valence-corrected chi connectivity index (χ0v) is 20.5. The summed E-state index contributed by atoms with van der Waals surface area (Å²) in [6.45, 7) is 5.89. The van der Waals surface area contributed by atoms with Gasteiger partial charge in [0, 0.05) is 12.0 Å². The van der Waals surface area contributed by atoms with Crippen LogP contribution in [-0.2, 0) is 14.3 Å². The molecular formula is C28H34N2O5. The van der Waals surface area contributed by atoms with E-state index < -0.39 is 30.1 Å². The largest absolute Gasteiger partial charge is 0.481 e. The predicted octanol–water partition coefficient (Wildman–Crippen LogP) is 5.01. The number of carbonyl (C=O) groups excluding carboxylic acids is 2. The third-order valence-electron chi connectivity index (χ3n) is 6.12. The van der Waals surface area contributed by atoms with E-state index in [1.54, 1.807) is 0 Å². The van der Waals surface area contributed by atoms with Gasteiger partial charge in [0.1, 0.15) is 12.6 Å². The number of ether oxygens (including phenoxy) is 1. The molecule has 0 radical (unpaired) electrons. The van der Waals surface area contributed by atoms with Gasteiger partial charge in [0.25, 0.3) is 0 Å². The number of benzene rings is 2. The van der Waals surface area contributed by atoms with Gasteiger partial charge in [-0.3, -0.25) is 9.59 Å². The fraction of sp³-hybridized carbons (Fsp3) is 0.393. The van der Waals surface area contributed by atoms with Crippen molar-refractivity contribution in [2.75, 3.05) is 6.61 Å². The Morgan fingerprint density at radius 1 is 1.00 bits per heavy atom. The van der Waals surface area contributed by atoms with Gasteiger partial charge in [-0.2, -0.15) is 0 Å². The summed E-state index contributed by atoms with van der Waals surface area (Å²) in [6.07, 6.45) is 2.57. The van der Waals surface area contributed by atoms with E-state index in [1.165, 1.54) is 0 Å². The number of hydrogen-bond acceptors (Lipinski definition) is 4. The molecule has 0 saturated heterocycles. The molecule has 186 valence electrons. The highest BCUT2D eigenvalue weighted by atomic mass is 16.5. The highest BCUT2D eigenvalue weighted by Gasteiger charge is 2.30. The predicted molar refractivity (Wildman–Crippen MR) is 135 cm³/mol. The second-order valence-corrected chi connectivity index (χ2v) is 9.13. The molecule has 0 heterocycles. The van der Waals surface area contributed by atoms with Crippen LogP contribution >= 0.6 is 0 Å². The number of amides is 2. The van der Waals surface area contributed by atoms with Crippen LogP contribution in [0.3, 0.4) is 0 Å². The highest BCUT2D eigenvalue weighted by Crippen LogP contribution is 2.44. The highest BCUT2D eigenvalue weighted by molar-refractivity contribution is 5.86. The molecule has 2 aromatic carbocycles. The number of alkyl carbamates (subject to hydrolysis) is 1. The molecule has 2 unspecified atom stereocenters. The maximum atomic E-state index is 12.9. The van der Waals surface area contributed by atoms with Gasteiger partial charge in [-0.05, 0) is 48.9 Å². The third-order valence-corrected chi connectivity index (χ3v) is 6.12. The average Bonchev–Trinajstić information content (AvgIpc) is 3.13. The van der Waals surface area contributed by atoms with Gasteiger partial charge in [-0.15, -0.1) is 0 Å². The van der Waals surface area contributed by atoms with Gasteiger partial charge in [0.05, 0.1) is 6.42 Å². The van der Waals surface area contributed by atoms with Gasteiger partial charge in [0.15, 0.2) is 0 Å². The van der Waals surface area contributed by atoms with E-state index in [9.17, 15) is 14.4 Å². The molecule has 1 aliphatic carbocycles. The number of carbonyl (C=O) groups is 3. The first-order valence-corrected chi connectivity index (χ1v) is 12.1. The Balaban J connectivity index is 1.67. The van der Waals surface area contributed by atoms with Crippen LogP contribution < -0.4 is 10.6 Å². The molecule has 2 atom stereocenters. The van der Waals surface area contributed by atoms with Crippen LogP contribution in [0, 0.1) is 0 Å². The number of aliphatic carboxylic acids is 1. The zero-order chi connectivity index (χ0) is 25.4. The van der Waals surface area contributed by atoms with E-state index in [2.05, 4.69) is 22.8 Å². The van der Waals surface area contributed by atoms with Crippen molar-refractivity contribution < 1.29 is 24.2 Å². The van der Waals surface area contributed by atoms with Crippen LogP contribution in [-0.4, -0.2) is 41.8 Å². The standard InChI is InChI=1S/C28H34N2O5/c1-4-9-19(16-26(31)32)29-27(33)25(15-14-18(2)3)30-28(34)35-17-24-22-12-7-5-10-20(22)21-11-6-8-13-23(21)24/h5-8,10-14,19,24-25H,4,9,15-17H2,1-3H3,(H,29,33)(H,30,34)(H,31,32). The summed E-state index contributed by atoms with van der Waals surface area (Å²) >= 11 is 0. The van der Waals surface area contributed by atoms with Gasteiger partial charge >= 0.3 is 12.1 Å². The normalized spacial score (nSPS) is 13.7. The van der Waals surface area contributed by atoms with Gasteiger partial charge < -0.3 is 20.5 Å². The van der Waals surface area contributed by atoms with E-state index in [4.69, 9.17) is 9.84 Å². The first-order chi connectivity index (χ1) is 16.8. The average molecular weight is 479 g/mol. The molecule has 35 heavy (non-hydrogen) atoms. The summed E-state index contributed by atoms with van der Waals surface area (Å²) in [5.41, 5.74) is 5.50. The smallest absolute Gasteiger partial charge is 0.407 e. The van der Waals surface area contributed by atoms with Crippen molar-refractivity contribution in [1.29, 1.82) is 0 Å². The van der Waals surface area contributed by atoms with E-state index in [0.29, 0.717) is 6.42 Å². The second-order valence-electron chi connectivity index (χ2n) is 9.13. The van der Waals surface area contributed by atoms with Crippen molar-refractivity contribution in [2.45, 2.75) is 64.5 Å². The Hall–Kier alpha value is -3.61. The lowest BCUT2D eigenvalue weighted by atomic mass is 9.98. The van der Waals surface area contributed by atoms with Crippen molar-refractivity contribution in [2.24, 2.45) is 0 Å². The topological polar surface area (TPSA) is 105 Å². The lowest BCUT2D eigenvalue weighted by molar-refractivity contribution is -0.137. The molecule has 0 saturated carbocycles. The molecule has 0 bridgehead atoms. The van der Waals surface area contributed by atoms with Crippen molar-refractivity contribution in [3.8, 4) is 11.1 Å². The molecule has 3 rings (SSSR count). The van der Waals surface area contributed by atoms with Crippen LogP contribution in [0.1, 0.15) is 63.5 Å². The summed E-state index contributed by atoms with van der Waals surface area (Å²) in [5.74, 6) is -1.48. The number of allylic oxidation sites excluding steroid dienone is 1. The van der Waals surface area contributed by atoms with Crippen molar-refractivity contribution in [3.63, 3.8) is 0 Å². The minimum Gasteiger partial charge on any atom is -0.481 e. The molecule has 7 heteroatoms. The molecule has 0 aromatic heterocycles. The van der Waals surface area contributed by atoms with Crippen LogP contribution in [0.2, 0.25) is 0 Å². The van der Waals surface area contributed by atoms with E-state index in [0.717, 1.165) is 34.2 Å². The Kier molecular flexibility index (Phi) is 9.06. The molecule has 1 aliphatic rings. The lowest BCUT2D eigenvalue weighted by Gasteiger charge is -2.22. The molecule has 0 aliphatic heterocycles. The number of carboxylic acids is 1. The maximum absolute atomic E-state index is 12.9. The third kappa shape index (κ3) is 6.94. The maximum Gasteiger partial charge on any atom is 0.407 e. The first kappa shape index (κ1) is 26.0. The van der Waals surface area contributed by atoms with Crippen LogP contribution in [0.4, 0.5) is 4.79 Å². The Bertz CT molecular complexity index is 1040. The van der Waals surface area contributed by atoms with Crippen LogP contribution in [0.15, 0.2) is 60.2 Å². The van der Waals surface area contributed by atoms with Crippen molar-refractivity contribution in [1.82, 2.24) is 10.6 Å². The van der Waals surface area contributed by atoms with Gasteiger partial charge in [-0.25, -0.2) is 4.79 Å². The van der Waals surface area contributed by atoms with E-state index in [-0.39, 0.29) is 25.4 Å². The number of rotatable bonds is 11. The lowest BCUT2D eigenvalue weighted by Crippen LogP contribution is -2.50. The molecule has 2 aromatic rings. The minimum absolute atomic E-state index is 0.0808. The monoisotopic (exact) mass is 478 g/mol. The zero-order valence-electron chi connectivity index (χ0n) is 20.5. The second kappa shape index (κ2) is 12.2. The quantitative estimate of drug-likeness (QED) is 0.394. The number of fused-ring (bicyclic) bond motifs is 3. The summed E-state index contributed by atoms with van der Waals surface area (Å²) in [7, 11) is 0. The van der Waals surface area contributed by atoms with E-state index >= 15 is 0 Å². The molecule has 3 N–H and O–H groups in total. The molecule has 0 spiro atoms. The summed E-state index contributed by atoms with van der Waals surface area (Å²) in [5, 5.41) is 14.6. The molecule has 7 nitrogen and oxygen atoms in total. The van der Waals surface area contributed by atoms with Gasteiger partial charge in [-0.1, -0.05) is 73.5 Å². The van der Waals surface area contributed by atoms with Crippen LogP contribution in [0.25, 0.3) is 11.1 Å². The summed E-state index contributed by atoms with van der Waals surface area (Å²) < 4.78 is 5.60. The number of hydrogen-bond donors (Lipinski definition) is 3. The van der Waals surface area contributed by atoms with Crippen LogP contribution in [0.5, 0.6) is 0 Å². The SMILES string of the molecule is CCCC(CC(=O)O)NC(=O)C(CC=C(C)C)NC(=O)OCC1c2ccccc2-c2ccccc21. The molecule has 2 amide bonds. The van der Waals surface area contributed by atoms with Crippen molar-refractivity contribution >= 4 is 18.0 Å². The fourth-order valence-corrected chi connectivity index (χ4v) is 4.45. The van der Waals surface area contributed by atoms with Crippen molar-refractivity contribution in [3.05, 3.63) is 71.3 Å².